The van der Waals surface area contributed by atoms with Crippen molar-refractivity contribution in [3.05, 3.63) is 35.9 Å². The molecule has 0 bridgehead atoms. The summed E-state index contributed by atoms with van der Waals surface area (Å²) >= 11 is 0. The lowest BCUT2D eigenvalue weighted by molar-refractivity contribution is 0.0540. The highest BCUT2D eigenvalue weighted by Gasteiger charge is 2.39. The van der Waals surface area contributed by atoms with Crippen molar-refractivity contribution >= 4 is 8.38 Å². The standard InChI is InChI=1S/C16H25O2P/c1-16(2,13-9-5-4-6-10-13)14-11-7-8-12-15(14)18-19(3)17/h4-6,9-10,14-15,17H,7-8,11-12H2,1-3H3. The summed E-state index contributed by atoms with van der Waals surface area (Å²) in [5.41, 5.74) is 1.46. The van der Waals surface area contributed by atoms with Gasteiger partial charge in [-0.05, 0) is 29.7 Å². The van der Waals surface area contributed by atoms with Crippen LogP contribution >= 0.6 is 8.38 Å². The summed E-state index contributed by atoms with van der Waals surface area (Å²) in [5.74, 6) is 0.487. The molecule has 1 saturated carbocycles. The summed E-state index contributed by atoms with van der Waals surface area (Å²) in [6, 6.07) is 10.7. The van der Waals surface area contributed by atoms with E-state index in [9.17, 15) is 4.89 Å². The first-order valence-corrected chi connectivity index (χ1v) is 8.82. The Kier molecular flexibility index (Phi) is 5.00. The summed E-state index contributed by atoms with van der Waals surface area (Å²) in [7, 11) is -1.27. The van der Waals surface area contributed by atoms with Crippen molar-refractivity contribution in [2.75, 3.05) is 6.66 Å². The van der Waals surface area contributed by atoms with Crippen molar-refractivity contribution < 1.29 is 9.42 Å². The van der Waals surface area contributed by atoms with Gasteiger partial charge in [-0.25, -0.2) is 0 Å². The van der Waals surface area contributed by atoms with E-state index >= 15 is 0 Å². The Morgan fingerprint density at radius 3 is 2.42 bits per heavy atom. The van der Waals surface area contributed by atoms with Crippen LogP contribution in [0.3, 0.4) is 0 Å². The van der Waals surface area contributed by atoms with Crippen molar-refractivity contribution in [3.8, 4) is 0 Å². The number of hydrogen-bond acceptors (Lipinski definition) is 2. The minimum atomic E-state index is -1.27. The second kappa shape index (κ2) is 6.35. The van der Waals surface area contributed by atoms with E-state index in [1.54, 1.807) is 6.66 Å². The molecule has 0 radical (unpaired) electrons. The van der Waals surface area contributed by atoms with Crippen LogP contribution in [0.2, 0.25) is 0 Å². The van der Waals surface area contributed by atoms with Crippen LogP contribution in [0.15, 0.2) is 30.3 Å². The molecule has 0 amide bonds. The SMILES string of the molecule is CP(O)OC1CCCCC1C(C)(C)c1ccccc1. The number of hydrogen-bond donors (Lipinski definition) is 1. The van der Waals surface area contributed by atoms with Gasteiger partial charge in [0.05, 0.1) is 6.10 Å². The molecule has 1 aliphatic rings. The van der Waals surface area contributed by atoms with Crippen molar-refractivity contribution in [1.82, 2.24) is 0 Å². The summed E-state index contributed by atoms with van der Waals surface area (Å²) in [6.07, 6.45) is 4.96. The first kappa shape index (κ1) is 15.0. The van der Waals surface area contributed by atoms with E-state index in [0.29, 0.717) is 5.92 Å². The molecule has 2 nitrogen and oxygen atoms in total. The Hall–Kier alpha value is -0.430. The Morgan fingerprint density at radius 1 is 1.16 bits per heavy atom. The van der Waals surface area contributed by atoms with Gasteiger partial charge < -0.3 is 9.42 Å². The monoisotopic (exact) mass is 280 g/mol. The molecule has 0 saturated heterocycles. The molecular weight excluding hydrogens is 255 g/mol. The average Bonchev–Trinajstić information content (AvgIpc) is 2.39. The Balaban J connectivity index is 2.21. The average molecular weight is 280 g/mol. The molecule has 3 unspecified atom stereocenters. The summed E-state index contributed by atoms with van der Waals surface area (Å²) in [5, 5.41) is 0. The molecule has 1 fully saturated rings. The first-order chi connectivity index (χ1) is 9.01. The van der Waals surface area contributed by atoms with Gasteiger partial charge in [0.25, 0.3) is 0 Å². The van der Waals surface area contributed by atoms with Crippen LogP contribution in [0.4, 0.5) is 0 Å². The van der Waals surface area contributed by atoms with Crippen molar-refractivity contribution in [2.45, 2.75) is 51.0 Å². The Labute approximate surface area is 118 Å². The lowest BCUT2D eigenvalue weighted by atomic mass is 9.66. The fourth-order valence-electron chi connectivity index (χ4n) is 3.33. The van der Waals surface area contributed by atoms with Crippen LogP contribution in [0.5, 0.6) is 0 Å². The van der Waals surface area contributed by atoms with Crippen molar-refractivity contribution in [3.63, 3.8) is 0 Å². The van der Waals surface area contributed by atoms with Crippen LogP contribution < -0.4 is 0 Å². The van der Waals surface area contributed by atoms with Crippen LogP contribution in [-0.4, -0.2) is 17.7 Å². The van der Waals surface area contributed by atoms with E-state index in [-0.39, 0.29) is 11.5 Å². The van der Waals surface area contributed by atoms with Gasteiger partial charge in [-0.1, -0.05) is 57.0 Å². The summed E-state index contributed by atoms with van der Waals surface area (Å²) < 4.78 is 5.83. The minimum absolute atomic E-state index is 0.0949. The third kappa shape index (κ3) is 3.56. The van der Waals surface area contributed by atoms with Gasteiger partial charge in [-0.2, -0.15) is 0 Å². The van der Waals surface area contributed by atoms with Crippen LogP contribution in [0.1, 0.15) is 45.1 Å². The molecule has 0 aromatic heterocycles. The number of rotatable bonds is 4. The van der Waals surface area contributed by atoms with Gasteiger partial charge in [0.1, 0.15) is 0 Å². The molecule has 3 atom stereocenters. The normalized spacial score (nSPS) is 26.1. The van der Waals surface area contributed by atoms with Gasteiger partial charge in [0, 0.05) is 6.66 Å². The molecule has 0 aliphatic heterocycles. The maximum absolute atomic E-state index is 9.60. The van der Waals surface area contributed by atoms with Gasteiger partial charge in [-0.15, -0.1) is 0 Å². The van der Waals surface area contributed by atoms with Crippen molar-refractivity contribution in [1.29, 1.82) is 0 Å². The minimum Gasteiger partial charge on any atom is -0.350 e. The van der Waals surface area contributed by atoms with Gasteiger partial charge >= 0.3 is 0 Å². The Morgan fingerprint density at radius 2 is 1.79 bits per heavy atom. The zero-order valence-corrected chi connectivity index (χ0v) is 13.1. The predicted molar refractivity (Wildman–Crippen MR) is 81.4 cm³/mol. The van der Waals surface area contributed by atoms with Gasteiger partial charge in [0.15, 0.2) is 8.38 Å². The van der Waals surface area contributed by atoms with Crippen molar-refractivity contribution in [2.24, 2.45) is 5.92 Å². The molecule has 19 heavy (non-hydrogen) atoms. The molecule has 1 aromatic carbocycles. The maximum atomic E-state index is 9.60. The number of benzene rings is 1. The van der Waals surface area contributed by atoms with Crippen LogP contribution in [0.25, 0.3) is 0 Å². The molecule has 1 aromatic rings. The fourth-order valence-corrected chi connectivity index (χ4v) is 3.97. The highest BCUT2D eigenvalue weighted by molar-refractivity contribution is 7.45. The third-order valence-corrected chi connectivity index (χ3v) is 5.01. The predicted octanol–water partition coefficient (Wildman–Crippen LogP) is 4.47. The molecule has 0 heterocycles. The molecule has 2 rings (SSSR count). The van der Waals surface area contributed by atoms with E-state index in [1.165, 1.54) is 24.8 Å². The van der Waals surface area contributed by atoms with E-state index in [2.05, 4.69) is 44.2 Å². The van der Waals surface area contributed by atoms with Crippen LogP contribution in [0, 0.1) is 5.92 Å². The van der Waals surface area contributed by atoms with Gasteiger partial charge in [0.2, 0.25) is 0 Å². The van der Waals surface area contributed by atoms with Crippen LogP contribution in [-0.2, 0) is 9.94 Å². The molecular formula is C16H25O2P. The summed E-state index contributed by atoms with van der Waals surface area (Å²) in [6.45, 7) is 6.39. The third-order valence-electron chi connectivity index (χ3n) is 4.44. The highest BCUT2D eigenvalue weighted by Crippen LogP contribution is 2.45. The second-order valence-electron chi connectivity index (χ2n) is 6.09. The summed E-state index contributed by atoms with van der Waals surface area (Å²) in [4.78, 5) is 9.60. The van der Waals surface area contributed by atoms with E-state index in [0.717, 1.165) is 6.42 Å². The molecule has 1 aliphatic carbocycles. The lowest BCUT2D eigenvalue weighted by Gasteiger charge is -2.42. The van der Waals surface area contributed by atoms with E-state index < -0.39 is 8.38 Å². The molecule has 3 heteroatoms. The first-order valence-electron chi connectivity index (χ1n) is 7.16. The lowest BCUT2D eigenvalue weighted by Crippen LogP contribution is -2.40. The van der Waals surface area contributed by atoms with Gasteiger partial charge in [-0.3, -0.25) is 0 Å². The van der Waals surface area contributed by atoms with E-state index in [4.69, 9.17) is 4.52 Å². The quantitative estimate of drug-likeness (QED) is 0.824. The molecule has 1 N–H and O–H groups in total. The highest BCUT2D eigenvalue weighted by atomic mass is 31.2. The topological polar surface area (TPSA) is 29.5 Å². The Bertz CT molecular complexity index is 389. The second-order valence-corrected chi connectivity index (χ2v) is 7.23. The van der Waals surface area contributed by atoms with E-state index in [1.807, 2.05) is 0 Å². The largest absolute Gasteiger partial charge is 0.350 e. The maximum Gasteiger partial charge on any atom is 0.164 e. The molecule has 0 spiro atoms. The zero-order valence-electron chi connectivity index (χ0n) is 12.2. The fraction of sp³-hybridized carbons (Fsp3) is 0.625. The molecule has 106 valence electrons. The smallest absolute Gasteiger partial charge is 0.164 e. The zero-order chi connectivity index (χ0) is 13.9.